The third kappa shape index (κ3) is 29800. The van der Waals surface area contributed by atoms with Crippen molar-refractivity contribution in [3.05, 3.63) is 75.9 Å². The first-order chi connectivity index (χ1) is 9.49. The Hall–Kier alpha value is -1.64. The van der Waals surface area contributed by atoms with Gasteiger partial charge in [0, 0.05) is 0 Å². The molecular formula is C18H36O2. The number of hydrogen-bond donors (Lipinski definition) is 2. The Kier molecular flexibility index (Phi) is 208. The van der Waals surface area contributed by atoms with Gasteiger partial charge in [-0.05, 0) is 27.7 Å². The van der Waals surface area contributed by atoms with Gasteiger partial charge in [0.25, 0.3) is 0 Å². The highest BCUT2D eigenvalue weighted by Gasteiger charge is 1.58. The summed E-state index contributed by atoms with van der Waals surface area (Å²) in [6.07, 6.45) is 10.3. The molecule has 0 aliphatic rings. The minimum absolute atomic E-state index is 0.125. The molecule has 120 valence electrons. The highest BCUT2D eigenvalue weighted by atomic mass is 16.3. The summed E-state index contributed by atoms with van der Waals surface area (Å²) < 4.78 is 0. The molecule has 0 unspecified atom stereocenters. The molecule has 0 aromatic carbocycles. The van der Waals surface area contributed by atoms with Crippen LogP contribution >= 0.6 is 0 Å². The van der Waals surface area contributed by atoms with Gasteiger partial charge in [0.2, 0.25) is 0 Å². The maximum absolute atomic E-state index is 7.62. The molecule has 0 aliphatic heterocycles. The van der Waals surface area contributed by atoms with Crippen molar-refractivity contribution in [2.45, 2.75) is 27.7 Å². The Balaban J connectivity index is -0.0000000296. The summed E-state index contributed by atoms with van der Waals surface area (Å²) in [7, 11) is 0. The standard InChI is InChI=1S/C4H6.4C3H6.C2H6O2/c1-3-4-2;4*1-3-2;3-1-2-4/h3-4H,1-2H2;4*3H,1H2,2H3;3-4H,1-2H2. The third-order valence-corrected chi connectivity index (χ3v) is 0.267. The smallest absolute Gasteiger partial charge is 0.0662 e. The summed E-state index contributed by atoms with van der Waals surface area (Å²) in [5.74, 6) is 0. The van der Waals surface area contributed by atoms with Gasteiger partial charge in [-0.15, -0.1) is 26.3 Å². The molecule has 20 heavy (non-hydrogen) atoms. The topological polar surface area (TPSA) is 40.5 Å². The van der Waals surface area contributed by atoms with Crippen molar-refractivity contribution in [3.8, 4) is 0 Å². The van der Waals surface area contributed by atoms with Crippen LogP contribution in [0.2, 0.25) is 0 Å². The Morgan fingerprint density at radius 3 is 0.650 bits per heavy atom. The number of rotatable bonds is 2. The maximum Gasteiger partial charge on any atom is 0.0662 e. The molecule has 0 amide bonds. The van der Waals surface area contributed by atoms with Crippen LogP contribution in [-0.2, 0) is 0 Å². The summed E-state index contributed by atoms with van der Waals surface area (Å²) in [6, 6.07) is 0. The minimum atomic E-state index is -0.125. The van der Waals surface area contributed by atoms with Crippen LogP contribution in [0.25, 0.3) is 0 Å². The molecule has 0 fully saturated rings. The van der Waals surface area contributed by atoms with Crippen molar-refractivity contribution < 1.29 is 10.2 Å². The van der Waals surface area contributed by atoms with Gasteiger partial charge >= 0.3 is 0 Å². The van der Waals surface area contributed by atoms with Crippen molar-refractivity contribution in [1.29, 1.82) is 0 Å². The lowest BCUT2D eigenvalue weighted by atomic mass is 10.6. The van der Waals surface area contributed by atoms with Gasteiger partial charge in [-0.3, -0.25) is 0 Å². The van der Waals surface area contributed by atoms with Gasteiger partial charge in [0.15, 0.2) is 0 Å². The lowest BCUT2D eigenvalue weighted by Crippen LogP contribution is -1.85. The molecular weight excluding hydrogens is 248 g/mol. The molecule has 0 aliphatic carbocycles. The molecule has 2 nitrogen and oxygen atoms in total. The molecule has 0 rings (SSSR count). The van der Waals surface area contributed by atoms with Gasteiger partial charge in [-0.25, -0.2) is 0 Å². The molecule has 0 aromatic heterocycles. The highest BCUT2D eigenvalue weighted by Crippen LogP contribution is 1.52. The van der Waals surface area contributed by atoms with Crippen LogP contribution in [-0.4, -0.2) is 23.4 Å². The van der Waals surface area contributed by atoms with Gasteiger partial charge in [-0.2, -0.15) is 0 Å². The summed E-state index contributed by atoms with van der Waals surface area (Å²) >= 11 is 0. The normalized spacial score (nSPS) is 5.10. The fourth-order valence-corrected chi connectivity index (χ4v) is 0. The highest BCUT2D eigenvalue weighted by molar-refractivity contribution is 4.88. The average molecular weight is 284 g/mol. The number of aliphatic hydroxyl groups is 2. The van der Waals surface area contributed by atoms with Crippen molar-refractivity contribution in [3.63, 3.8) is 0 Å². The number of hydrogen-bond acceptors (Lipinski definition) is 2. The largest absolute Gasteiger partial charge is 0.394 e. The summed E-state index contributed by atoms with van der Waals surface area (Å²) in [4.78, 5) is 0. The lowest BCUT2D eigenvalue weighted by molar-refractivity contribution is 0.186. The van der Waals surface area contributed by atoms with Crippen molar-refractivity contribution in [2.75, 3.05) is 13.2 Å². The molecule has 0 radical (unpaired) electrons. The minimum Gasteiger partial charge on any atom is -0.394 e. The van der Waals surface area contributed by atoms with Crippen LogP contribution in [0.4, 0.5) is 0 Å². The fraction of sp³-hybridized carbons (Fsp3) is 0.333. The lowest BCUT2D eigenvalue weighted by Gasteiger charge is -1.70. The predicted molar refractivity (Wildman–Crippen MR) is 98.0 cm³/mol. The maximum atomic E-state index is 7.62. The van der Waals surface area contributed by atoms with Gasteiger partial charge in [0.1, 0.15) is 0 Å². The van der Waals surface area contributed by atoms with Crippen LogP contribution in [0, 0.1) is 0 Å². The van der Waals surface area contributed by atoms with Gasteiger partial charge in [0.05, 0.1) is 13.2 Å². The monoisotopic (exact) mass is 284 g/mol. The quantitative estimate of drug-likeness (QED) is 0.547. The van der Waals surface area contributed by atoms with E-state index in [0.29, 0.717) is 0 Å². The molecule has 0 heterocycles. The van der Waals surface area contributed by atoms with Crippen LogP contribution in [0.1, 0.15) is 27.7 Å². The predicted octanol–water partition coefficient (Wildman–Crippen LogP) is 5.10. The van der Waals surface area contributed by atoms with E-state index < -0.39 is 0 Å². The summed E-state index contributed by atoms with van der Waals surface area (Å²) in [5, 5.41) is 15.2. The van der Waals surface area contributed by atoms with E-state index in [1.165, 1.54) is 0 Å². The van der Waals surface area contributed by atoms with E-state index in [9.17, 15) is 0 Å². The molecule has 0 bridgehead atoms. The molecule has 0 saturated heterocycles. The third-order valence-electron chi connectivity index (χ3n) is 0.267. The van der Waals surface area contributed by atoms with Crippen LogP contribution in [0.5, 0.6) is 0 Å². The first kappa shape index (κ1) is 36.2. The molecule has 2 N–H and O–H groups in total. The Labute approximate surface area is 127 Å². The Morgan fingerprint density at radius 2 is 0.650 bits per heavy atom. The van der Waals surface area contributed by atoms with E-state index in [1.54, 1.807) is 36.5 Å². The van der Waals surface area contributed by atoms with E-state index in [-0.39, 0.29) is 13.2 Å². The SMILES string of the molecule is C=CC.C=CC.C=CC.C=CC.C=CC=C.OCCO. The molecule has 0 atom stereocenters. The molecule has 2 heteroatoms. The number of aliphatic hydroxyl groups excluding tert-OH is 2. The van der Waals surface area contributed by atoms with Gasteiger partial charge < -0.3 is 10.2 Å². The van der Waals surface area contributed by atoms with Crippen molar-refractivity contribution >= 4 is 0 Å². The second-order valence-electron chi connectivity index (χ2n) is 2.55. The van der Waals surface area contributed by atoms with E-state index >= 15 is 0 Å². The van der Waals surface area contributed by atoms with E-state index in [1.807, 2.05) is 27.7 Å². The Bertz CT molecular complexity index is 138. The summed E-state index contributed by atoms with van der Waals surface area (Å²) in [5.41, 5.74) is 0. The fourth-order valence-electron chi connectivity index (χ4n) is 0. The first-order valence-electron chi connectivity index (χ1n) is 6.22. The Morgan fingerprint density at radius 1 is 0.550 bits per heavy atom. The van der Waals surface area contributed by atoms with Crippen LogP contribution in [0.3, 0.4) is 0 Å². The van der Waals surface area contributed by atoms with E-state index in [0.717, 1.165) is 0 Å². The zero-order valence-electron chi connectivity index (χ0n) is 14.0. The first-order valence-corrected chi connectivity index (χ1v) is 6.22. The molecule has 0 spiro atoms. The number of allylic oxidation sites excluding steroid dienone is 6. The van der Waals surface area contributed by atoms with Crippen LogP contribution < -0.4 is 0 Å². The van der Waals surface area contributed by atoms with Crippen LogP contribution in [0.15, 0.2) is 75.9 Å². The zero-order chi connectivity index (χ0) is 17.7. The zero-order valence-corrected chi connectivity index (χ0v) is 14.0. The second-order valence-corrected chi connectivity index (χ2v) is 2.55. The second kappa shape index (κ2) is 115. The molecule has 0 saturated carbocycles. The van der Waals surface area contributed by atoms with E-state index in [4.69, 9.17) is 10.2 Å². The molecule has 0 aromatic rings. The van der Waals surface area contributed by atoms with E-state index in [2.05, 4.69) is 39.5 Å². The van der Waals surface area contributed by atoms with Crippen molar-refractivity contribution in [2.24, 2.45) is 0 Å². The average Bonchev–Trinajstić information content (AvgIpc) is 2.42. The van der Waals surface area contributed by atoms with Crippen molar-refractivity contribution in [1.82, 2.24) is 0 Å². The summed E-state index contributed by atoms with van der Waals surface area (Å²) in [6.45, 7) is 27.5. The van der Waals surface area contributed by atoms with Gasteiger partial charge in [-0.1, -0.05) is 49.6 Å².